The van der Waals surface area contributed by atoms with Crippen molar-refractivity contribution in [3.05, 3.63) is 65.2 Å². The van der Waals surface area contributed by atoms with E-state index in [0.717, 1.165) is 11.3 Å². The number of pyridine rings is 1. The van der Waals surface area contributed by atoms with E-state index in [9.17, 15) is 13.2 Å². The van der Waals surface area contributed by atoms with Crippen LogP contribution in [-0.4, -0.2) is 27.9 Å². The summed E-state index contributed by atoms with van der Waals surface area (Å²) >= 11 is 6.25. The van der Waals surface area contributed by atoms with E-state index < -0.39 is 6.36 Å². The van der Waals surface area contributed by atoms with Crippen molar-refractivity contribution in [2.45, 2.75) is 19.3 Å². The molecular weight excluding hydrogens is 407 g/mol. The molecule has 0 spiro atoms. The number of halogens is 4. The first kappa shape index (κ1) is 19.3. The largest absolute Gasteiger partial charge is 0.573 e. The molecule has 10 heteroatoms. The lowest BCUT2D eigenvalue weighted by Gasteiger charge is -2.30. The summed E-state index contributed by atoms with van der Waals surface area (Å²) in [5.41, 5.74) is 2.38. The predicted molar refractivity (Wildman–Crippen MR) is 102 cm³/mol. The monoisotopic (exact) mass is 421 g/mol. The topological polar surface area (TPSA) is 63.2 Å². The summed E-state index contributed by atoms with van der Waals surface area (Å²) in [6.07, 6.45) is -0.911. The van der Waals surface area contributed by atoms with Crippen molar-refractivity contribution in [1.29, 1.82) is 0 Å². The van der Waals surface area contributed by atoms with Crippen LogP contribution in [0.25, 0.3) is 0 Å². The van der Waals surface area contributed by atoms with Gasteiger partial charge in [0, 0.05) is 24.0 Å². The molecule has 1 N–H and O–H groups in total. The first-order valence-electron chi connectivity index (χ1n) is 8.70. The summed E-state index contributed by atoms with van der Waals surface area (Å²) < 4.78 is 40.7. The van der Waals surface area contributed by atoms with Crippen molar-refractivity contribution in [1.82, 2.24) is 15.0 Å². The van der Waals surface area contributed by atoms with E-state index in [0.29, 0.717) is 41.9 Å². The summed E-state index contributed by atoms with van der Waals surface area (Å²) in [6, 6.07) is 9.05. The van der Waals surface area contributed by atoms with Gasteiger partial charge in [-0.15, -0.1) is 13.2 Å². The van der Waals surface area contributed by atoms with Gasteiger partial charge >= 0.3 is 6.36 Å². The fourth-order valence-electron chi connectivity index (χ4n) is 3.13. The van der Waals surface area contributed by atoms with Crippen LogP contribution < -0.4 is 15.0 Å². The molecule has 0 bridgehead atoms. The molecule has 0 saturated carbocycles. The minimum Gasteiger partial charge on any atom is -0.406 e. The van der Waals surface area contributed by atoms with Crippen LogP contribution in [0.3, 0.4) is 0 Å². The number of nitrogens with one attached hydrogen (secondary N) is 1. The Morgan fingerprint density at radius 2 is 1.86 bits per heavy atom. The Bertz CT molecular complexity index is 1010. The highest BCUT2D eigenvalue weighted by atomic mass is 35.5. The molecule has 0 atom stereocenters. The average Bonchev–Trinajstić information content (AvgIpc) is 2.68. The molecule has 1 aromatic carbocycles. The lowest BCUT2D eigenvalue weighted by atomic mass is 10.1. The van der Waals surface area contributed by atoms with E-state index >= 15 is 0 Å². The Hall–Kier alpha value is -3.07. The lowest BCUT2D eigenvalue weighted by Crippen LogP contribution is -2.32. The second-order valence-corrected chi connectivity index (χ2v) is 6.73. The second-order valence-electron chi connectivity index (χ2n) is 6.33. The molecule has 3 heterocycles. The van der Waals surface area contributed by atoms with Crippen LogP contribution in [0.2, 0.25) is 5.02 Å². The molecule has 1 aliphatic rings. The predicted octanol–water partition coefficient (Wildman–Crippen LogP) is 4.73. The van der Waals surface area contributed by atoms with Gasteiger partial charge in [0.05, 0.1) is 17.3 Å². The van der Waals surface area contributed by atoms with Gasteiger partial charge in [0.2, 0.25) is 0 Å². The van der Waals surface area contributed by atoms with E-state index in [1.54, 1.807) is 18.3 Å². The normalized spacial score (nSPS) is 13.7. The van der Waals surface area contributed by atoms with E-state index in [1.807, 2.05) is 4.90 Å². The number of alkyl halides is 3. The van der Waals surface area contributed by atoms with Crippen LogP contribution >= 0.6 is 11.6 Å². The van der Waals surface area contributed by atoms with Crippen LogP contribution in [0.1, 0.15) is 11.3 Å². The van der Waals surface area contributed by atoms with Crippen molar-refractivity contribution in [3.63, 3.8) is 0 Å². The Morgan fingerprint density at radius 3 is 2.59 bits per heavy atom. The van der Waals surface area contributed by atoms with E-state index in [1.165, 1.54) is 30.6 Å². The third-order valence-electron chi connectivity index (χ3n) is 4.40. The number of hydrogen-bond acceptors (Lipinski definition) is 6. The molecule has 1 aliphatic heterocycles. The smallest absolute Gasteiger partial charge is 0.406 e. The first-order chi connectivity index (χ1) is 13.9. The third-order valence-corrected chi connectivity index (χ3v) is 4.69. The SMILES string of the molecule is FC(F)(F)Oc1ccc(Nc2ncnc3c2CCN(c2ncccc2Cl)C3)cc1. The Labute approximate surface area is 169 Å². The minimum absolute atomic E-state index is 0.282. The number of ether oxygens (including phenoxy) is 1. The minimum atomic E-state index is -4.72. The summed E-state index contributed by atoms with van der Waals surface area (Å²) in [5, 5.41) is 3.71. The zero-order chi connectivity index (χ0) is 20.4. The van der Waals surface area contributed by atoms with E-state index in [4.69, 9.17) is 11.6 Å². The number of hydrogen-bond donors (Lipinski definition) is 1. The van der Waals surface area contributed by atoms with Gasteiger partial charge in [0.1, 0.15) is 23.7 Å². The molecule has 0 amide bonds. The van der Waals surface area contributed by atoms with Crippen LogP contribution in [-0.2, 0) is 13.0 Å². The summed E-state index contributed by atoms with van der Waals surface area (Å²) in [5.74, 6) is 1.04. The van der Waals surface area contributed by atoms with Crippen LogP contribution in [0.15, 0.2) is 48.9 Å². The molecular formula is C19H15ClF3N5O. The van der Waals surface area contributed by atoms with Crippen molar-refractivity contribution in [2.24, 2.45) is 0 Å². The maximum atomic E-state index is 12.3. The standard InChI is InChI=1S/C19H15ClF3N5O/c20-15-2-1-8-24-18(15)28-9-7-14-16(10-28)25-11-26-17(14)27-12-3-5-13(6-4-12)29-19(21,22)23/h1-6,8,11H,7,9-10H2,(H,25,26,27). The van der Waals surface area contributed by atoms with Crippen LogP contribution in [0.4, 0.5) is 30.5 Å². The zero-order valence-corrected chi connectivity index (χ0v) is 15.7. The summed E-state index contributed by atoms with van der Waals surface area (Å²) in [6.45, 7) is 1.21. The fraction of sp³-hybridized carbons (Fsp3) is 0.211. The number of fused-ring (bicyclic) bond motifs is 1. The maximum Gasteiger partial charge on any atom is 0.573 e. The van der Waals surface area contributed by atoms with Gasteiger partial charge in [0.25, 0.3) is 0 Å². The summed E-state index contributed by atoms with van der Waals surface area (Å²) in [7, 11) is 0. The number of aromatic nitrogens is 3. The molecule has 0 unspecified atom stereocenters. The maximum absolute atomic E-state index is 12.3. The highest BCUT2D eigenvalue weighted by molar-refractivity contribution is 6.32. The van der Waals surface area contributed by atoms with Gasteiger partial charge < -0.3 is 15.0 Å². The van der Waals surface area contributed by atoms with Gasteiger partial charge in [-0.3, -0.25) is 0 Å². The molecule has 0 saturated heterocycles. The third kappa shape index (κ3) is 4.51. The molecule has 3 aromatic rings. The van der Waals surface area contributed by atoms with Crippen molar-refractivity contribution in [3.8, 4) is 5.75 Å². The Morgan fingerprint density at radius 1 is 1.07 bits per heavy atom. The number of benzene rings is 1. The Kier molecular flexibility index (Phi) is 5.14. The van der Waals surface area contributed by atoms with Crippen molar-refractivity contribution in [2.75, 3.05) is 16.8 Å². The van der Waals surface area contributed by atoms with Gasteiger partial charge in [-0.25, -0.2) is 15.0 Å². The number of nitrogens with zero attached hydrogens (tertiary/aromatic N) is 4. The highest BCUT2D eigenvalue weighted by Gasteiger charge is 2.31. The van der Waals surface area contributed by atoms with Crippen molar-refractivity contribution < 1.29 is 17.9 Å². The van der Waals surface area contributed by atoms with Gasteiger partial charge in [-0.2, -0.15) is 0 Å². The second kappa shape index (κ2) is 7.75. The molecule has 4 rings (SSSR count). The Balaban J connectivity index is 1.51. The number of rotatable bonds is 4. The molecule has 150 valence electrons. The highest BCUT2D eigenvalue weighted by Crippen LogP contribution is 2.31. The van der Waals surface area contributed by atoms with E-state index in [-0.39, 0.29) is 5.75 Å². The zero-order valence-electron chi connectivity index (χ0n) is 14.9. The molecule has 6 nitrogen and oxygen atoms in total. The first-order valence-corrected chi connectivity index (χ1v) is 9.08. The summed E-state index contributed by atoms with van der Waals surface area (Å²) in [4.78, 5) is 15.1. The molecule has 0 aliphatic carbocycles. The van der Waals surface area contributed by atoms with Gasteiger partial charge in [0.15, 0.2) is 0 Å². The quantitative estimate of drug-likeness (QED) is 0.657. The molecule has 2 aromatic heterocycles. The average molecular weight is 422 g/mol. The molecule has 0 fully saturated rings. The van der Waals surface area contributed by atoms with Gasteiger partial charge in [-0.1, -0.05) is 11.6 Å². The van der Waals surface area contributed by atoms with Gasteiger partial charge in [-0.05, 0) is 42.8 Å². The fourth-order valence-corrected chi connectivity index (χ4v) is 3.37. The lowest BCUT2D eigenvalue weighted by molar-refractivity contribution is -0.274. The van der Waals surface area contributed by atoms with E-state index in [2.05, 4.69) is 25.0 Å². The molecule has 0 radical (unpaired) electrons. The van der Waals surface area contributed by atoms with Crippen molar-refractivity contribution >= 4 is 28.9 Å². The number of anilines is 3. The van der Waals surface area contributed by atoms with Crippen LogP contribution in [0, 0.1) is 0 Å². The van der Waals surface area contributed by atoms with Crippen LogP contribution in [0.5, 0.6) is 5.75 Å². The molecule has 29 heavy (non-hydrogen) atoms.